The fourth-order valence-corrected chi connectivity index (χ4v) is 2.50. The minimum atomic E-state index is -0.256. The van der Waals surface area contributed by atoms with Crippen LogP contribution in [0.1, 0.15) is 27.0 Å². The molecule has 4 heteroatoms. The molecule has 20 heavy (non-hydrogen) atoms. The molecule has 2 aromatic carbocycles. The molecule has 0 aliphatic carbocycles. The summed E-state index contributed by atoms with van der Waals surface area (Å²) < 4.78 is 14.2. The number of benzene rings is 2. The molecule has 0 fully saturated rings. The fourth-order valence-electron chi connectivity index (χ4n) is 1.83. The number of amides is 1. The number of nitrogens with one attached hydrogen (secondary N) is 1. The number of hydrogen-bond acceptors (Lipinski definition) is 1. The molecule has 0 aliphatic rings. The number of rotatable bonds is 3. The zero-order chi connectivity index (χ0) is 14.7. The summed E-state index contributed by atoms with van der Waals surface area (Å²) in [7, 11) is 0. The van der Waals surface area contributed by atoms with Crippen LogP contribution in [-0.4, -0.2) is 5.91 Å². The highest BCUT2D eigenvalue weighted by atomic mass is 79.9. The average molecular weight is 336 g/mol. The van der Waals surface area contributed by atoms with Crippen LogP contribution in [0.15, 0.2) is 40.9 Å². The van der Waals surface area contributed by atoms with Crippen molar-refractivity contribution in [1.82, 2.24) is 5.32 Å². The predicted molar refractivity (Wildman–Crippen MR) is 81.2 cm³/mol. The van der Waals surface area contributed by atoms with E-state index in [1.54, 1.807) is 19.1 Å². The van der Waals surface area contributed by atoms with Crippen molar-refractivity contribution in [3.05, 3.63) is 68.9 Å². The monoisotopic (exact) mass is 335 g/mol. The van der Waals surface area contributed by atoms with E-state index in [9.17, 15) is 9.18 Å². The Morgan fingerprint density at radius 1 is 1.20 bits per heavy atom. The van der Waals surface area contributed by atoms with Gasteiger partial charge < -0.3 is 5.32 Å². The minimum absolute atomic E-state index is 0.183. The molecule has 1 N–H and O–H groups in total. The van der Waals surface area contributed by atoms with Gasteiger partial charge in [-0.25, -0.2) is 4.39 Å². The van der Waals surface area contributed by atoms with E-state index in [0.717, 1.165) is 15.6 Å². The maximum Gasteiger partial charge on any atom is 0.252 e. The van der Waals surface area contributed by atoms with Gasteiger partial charge in [-0.15, -0.1) is 0 Å². The Labute approximate surface area is 126 Å². The smallest absolute Gasteiger partial charge is 0.252 e. The summed E-state index contributed by atoms with van der Waals surface area (Å²) in [5.74, 6) is -0.439. The lowest BCUT2D eigenvalue weighted by molar-refractivity contribution is 0.0950. The van der Waals surface area contributed by atoms with E-state index in [1.807, 2.05) is 25.1 Å². The summed E-state index contributed by atoms with van der Waals surface area (Å²) in [5, 5.41) is 2.79. The number of hydrogen-bond donors (Lipinski definition) is 1. The number of carbonyl (C=O) groups is 1. The lowest BCUT2D eigenvalue weighted by Crippen LogP contribution is -2.23. The number of halogens is 2. The first kappa shape index (κ1) is 14.7. The fraction of sp³-hybridized carbons (Fsp3) is 0.188. The topological polar surface area (TPSA) is 29.1 Å². The lowest BCUT2D eigenvalue weighted by Gasteiger charge is -2.08. The normalized spacial score (nSPS) is 10.4. The molecule has 0 aliphatic heterocycles. The third kappa shape index (κ3) is 3.45. The Hall–Kier alpha value is -1.68. The molecule has 2 nitrogen and oxygen atoms in total. The van der Waals surface area contributed by atoms with Gasteiger partial charge in [0.2, 0.25) is 0 Å². The third-order valence-electron chi connectivity index (χ3n) is 3.06. The lowest BCUT2D eigenvalue weighted by atomic mass is 10.1. The van der Waals surface area contributed by atoms with Crippen LogP contribution in [-0.2, 0) is 6.54 Å². The van der Waals surface area contributed by atoms with Crippen molar-refractivity contribution >= 4 is 21.8 Å². The van der Waals surface area contributed by atoms with Crippen molar-refractivity contribution < 1.29 is 9.18 Å². The van der Waals surface area contributed by atoms with Gasteiger partial charge in [-0.2, -0.15) is 0 Å². The molecular weight excluding hydrogens is 321 g/mol. The van der Waals surface area contributed by atoms with Crippen LogP contribution in [0, 0.1) is 19.7 Å². The first-order chi connectivity index (χ1) is 9.47. The molecule has 1 amide bonds. The van der Waals surface area contributed by atoms with Crippen LogP contribution >= 0.6 is 15.9 Å². The molecule has 104 valence electrons. The van der Waals surface area contributed by atoms with Crippen LogP contribution in [0.5, 0.6) is 0 Å². The van der Waals surface area contributed by atoms with Crippen LogP contribution in [0.3, 0.4) is 0 Å². The Kier molecular flexibility index (Phi) is 4.55. The molecule has 0 aromatic heterocycles. The van der Waals surface area contributed by atoms with Crippen LogP contribution in [0.4, 0.5) is 4.39 Å². The highest BCUT2D eigenvalue weighted by molar-refractivity contribution is 9.10. The van der Waals surface area contributed by atoms with E-state index in [-0.39, 0.29) is 11.7 Å². The summed E-state index contributed by atoms with van der Waals surface area (Å²) in [6, 6.07) is 10.5. The Balaban J connectivity index is 2.06. The van der Waals surface area contributed by atoms with Crippen molar-refractivity contribution in [2.45, 2.75) is 20.4 Å². The van der Waals surface area contributed by atoms with Gasteiger partial charge in [0.15, 0.2) is 0 Å². The Bertz CT molecular complexity index is 655. The van der Waals surface area contributed by atoms with Crippen LogP contribution in [0.2, 0.25) is 0 Å². The third-order valence-corrected chi connectivity index (χ3v) is 3.71. The molecule has 0 radical (unpaired) electrons. The average Bonchev–Trinajstić information content (AvgIpc) is 2.40. The molecule has 2 rings (SSSR count). The molecule has 0 atom stereocenters. The van der Waals surface area contributed by atoms with Crippen molar-refractivity contribution in [2.24, 2.45) is 0 Å². The summed E-state index contributed by atoms with van der Waals surface area (Å²) >= 11 is 3.37. The molecular formula is C16H15BrFNO. The summed E-state index contributed by atoms with van der Waals surface area (Å²) in [6.07, 6.45) is 0. The molecule has 0 heterocycles. The van der Waals surface area contributed by atoms with Gasteiger partial charge in [0.1, 0.15) is 5.82 Å². The molecule has 0 bridgehead atoms. The second-order valence-electron chi connectivity index (χ2n) is 4.75. The van der Waals surface area contributed by atoms with Crippen LogP contribution in [0.25, 0.3) is 0 Å². The van der Waals surface area contributed by atoms with Gasteiger partial charge in [0.25, 0.3) is 5.91 Å². The van der Waals surface area contributed by atoms with E-state index < -0.39 is 0 Å². The van der Waals surface area contributed by atoms with Crippen molar-refractivity contribution in [3.63, 3.8) is 0 Å². The van der Waals surface area contributed by atoms with Crippen LogP contribution < -0.4 is 5.32 Å². The highest BCUT2D eigenvalue weighted by Crippen LogP contribution is 2.18. The van der Waals surface area contributed by atoms with Gasteiger partial charge >= 0.3 is 0 Å². The first-order valence-corrected chi connectivity index (χ1v) is 7.06. The van der Waals surface area contributed by atoms with Gasteiger partial charge in [-0.3, -0.25) is 4.79 Å². The molecule has 2 aromatic rings. The molecule has 0 saturated carbocycles. The molecule has 0 spiro atoms. The van der Waals surface area contributed by atoms with Gasteiger partial charge in [-0.05, 0) is 64.7 Å². The van der Waals surface area contributed by atoms with E-state index in [1.165, 1.54) is 6.07 Å². The summed E-state index contributed by atoms with van der Waals surface area (Å²) in [4.78, 5) is 12.1. The van der Waals surface area contributed by atoms with Crippen molar-refractivity contribution in [1.29, 1.82) is 0 Å². The van der Waals surface area contributed by atoms with Gasteiger partial charge in [0, 0.05) is 11.0 Å². The van der Waals surface area contributed by atoms with E-state index >= 15 is 0 Å². The zero-order valence-corrected chi connectivity index (χ0v) is 12.9. The number of carbonyl (C=O) groups excluding carboxylic acids is 1. The first-order valence-electron chi connectivity index (χ1n) is 6.27. The maximum atomic E-state index is 13.4. The van der Waals surface area contributed by atoms with Gasteiger partial charge in [0.05, 0.1) is 5.56 Å². The number of aryl methyl sites for hydroxylation is 2. The van der Waals surface area contributed by atoms with E-state index in [0.29, 0.717) is 17.7 Å². The zero-order valence-electron chi connectivity index (χ0n) is 11.3. The second-order valence-corrected chi connectivity index (χ2v) is 5.60. The predicted octanol–water partition coefficient (Wildman–Crippen LogP) is 4.14. The van der Waals surface area contributed by atoms with Crippen molar-refractivity contribution in [3.8, 4) is 0 Å². The Morgan fingerprint density at radius 2 is 1.95 bits per heavy atom. The molecule has 0 unspecified atom stereocenters. The summed E-state index contributed by atoms with van der Waals surface area (Å²) in [6.45, 7) is 3.97. The van der Waals surface area contributed by atoms with E-state index in [2.05, 4.69) is 21.2 Å². The minimum Gasteiger partial charge on any atom is -0.348 e. The second kappa shape index (κ2) is 6.18. The Morgan fingerprint density at radius 3 is 2.60 bits per heavy atom. The highest BCUT2D eigenvalue weighted by Gasteiger charge is 2.10. The standard InChI is InChI=1S/C16H15BrFNO/c1-10-3-6-13(14(17)7-10)16(20)19-9-12-5-4-11(2)15(18)8-12/h3-8H,9H2,1-2H3,(H,19,20). The van der Waals surface area contributed by atoms with E-state index in [4.69, 9.17) is 0 Å². The molecule has 0 saturated heterocycles. The maximum absolute atomic E-state index is 13.4. The van der Waals surface area contributed by atoms with Crippen molar-refractivity contribution in [2.75, 3.05) is 0 Å². The van der Waals surface area contributed by atoms with Gasteiger partial charge in [-0.1, -0.05) is 18.2 Å². The SMILES string of the molecule is Cc1ccc(C(=O)NCc2ccc(C)c(F)c2)c(Br)c1. The summed E-state index contributed by atoms with van der Waals surface area (Å²) in [5.41, 5.74) is 2.99. The largest absolute Gasteiger partial charge is 0.348 e. The quantitative estimate of drug-likeness (QED) is 0.897.